The standard InChI is InChI=1S/C7H9FO4/c1-2-6(9)11-12-7(8)4-3-5-10-7/h2H,1,3-5H2. The van der Waals surface area contributed by atoms with Crippen LogP contribution in [0.1, 0.15) is 12.8 Å². The number of carbonyl (C=O) groups excluding carboxylic acids is 1. The summed E-state index contributed by atoms with van der Waals surface area (Å²) in [5, 5.41) is 0. The summed E-state index contributed by atoms with van der Waals surface area (Å²) in [6, 6.07) is -2.27. The molecule has 1 saturated heterocycles. The van der Waals surface area contributed by atoms with Gasteiger partial charge in [-0.05, 0) is 6.42 Å². The lowest BCUT2D eigenvalue weighted by molar-refractivity contribution is -0.437. The molecule has 4 nitrogen and oxygen atoms in total. The van der Waals surface area contributed by atoms with Crippen LogP contribution in [0.4, 0.5) is 4.39 Å². The number of hydrogen-bond donors (Lipinski definition) is 0. The normalized spacial score (nSPS) is 28.4. The molecule has 0 aromatic heterocycles. The van der Waals surface area contributed by atoms with Crippen molar-refractivity contribution in [1.29, 1.82) is 0 Å². The van der Waals surface area contributed by atoms with Gasteiger partial charge < -0.3 is 4.74 Å². The Morgan fingerprint density at radius 1 is 1.75 bits per heavy atom. The summed E-state index contributed by atoms with van der Waals surface area (Å²) in [6.45, 7) is 3.38. The Morgan fingerprint density at radius 3 is 3.00 bits per heavy atom. The zero-order valence-corrected chi connectivity index (χ0v) is 6.42. The maximum absolute atomic E-state index is 13.1. The number of halogens is 1. The summed E-state index contributed by atoms with van der Waals surface area (Å²) < 4.78 is 17.6. The van der Waals surface area contributed by atoms with E-state index in [2.05, 4.69) is 21.1 Å². The van der Waals surface area contributed by atoms with Gasteiger partial charge in [0.2, 0.25) is 0 Å². The monoisotopic (exact) mass is 176 g/mol. The third-order valence-electron chi connectivity index (χ3n) is 1.35. The van der Waals surface area contributed by atoms with Gasteiger partial charge in [-0.15, -0.1) is 4.89 Å². The summed E-state index contributed by atoms with van der Waals surface area (Å²) in [5.74, 6) is -0.845. The molecule has 0 aliphatic carbocycles. The SMILES string of the molecule is C=CC(=O)OOC1(F)CCCO1. The topological polar surface area (TPSA) is 44.8 Å². The molecule has 12 heavy (non-hydrogen) atoms. The number of carbonyl (C=O) groups is 1. The zero-order valence-electron chi connectivity index (χ0n) is 6.42. The first-order valence-electron chi connectivity index (χ1n) is 3.51. The molecular formula is C7H9FO4. The second kappa shape index (κ2) is 3.64. The van der Waals surface area contributed by atoms with Gasteiger partial charge in [-0.3, -0.25) is 4.89 Å². The molecule has 1 unspecified atom stereocenters. The van der Waals surface area contributed by atoms with Crippen LogP contribution in [0.25, 0.3) is 0 Å². The van der Waals surface area contributed by atoms with E-state index >= 15 is 0 Å². The van der Waals surface area contributed by atoms with E-state index in [4.69, 9.17) is 0 Å². The van der Waals surface area contributed by atoms with Crippen molar-refractivity contribution in [3.05, 3.63) is 12.7 Å². The fourth-order valence-corrected chi connectivity index (χ4v) is 0.783. The quantitative estimate of drug-likeness (QED) is 0.366. The van der Waals surface area contributed by atoms with Gasteiger partial charge in [0.15, 0.2) is 0 Å². The van der Waals surface area contributed by atoms with E-state index < -0.39 is 12.0 Å². The van der Waals surface area contributed by atoms with Crippen molar-refractivity contribution in [2.45, 2.75) is 18.9 Å². The van der Waals surface area contributed by atoms with Crippen LogP contribution in [-0.4, -0.2) is 18.6 Å². The summed E-state index contributed by atoms with van der Waals surface area (Å²) in [5.41, 5.74) is 0. The van der Waals surface area contributed by atoms with Gasteiger partial charge in [0.1, 0.15) is 0 Å². The summed E-state index contributed by atoms with van der Waals surface area (Å²) in [7, 11) is 0. The minimum atomic E-state index is -2.27. The highest BCUT2D eigenvalue weighted by Gasteiger charge is 2.39. The third kappa shape index (κ3) is 2.28. The van der Waals surface area contributed by atoms with Crippen LogP contribution in [0.3, 0.4) is 0 Å². The molecule has 0 bridgehead atoms. The van der Waals surface area contributed by atoms with Crippen LogP contribution >= 0.6 is 0 Å². The van der Waals surface area contributed by atoms with Gasteiger partial charge in [0, 0.05) is 12.5 Å². The van der Waals surface area contributed by atoms with Gasteiger partial charge >= 0.3 is 12.0 Å². The van der Waals surface area contributed by atoms with Crippen molar-refractivity contribution in [2.24, 2.45) is 0 Å². The molecule has 68 valence electrons. The molecule has 1 rings (SSSR count). The molecule has 1 aliphatic heterocycles. The molecule has 1 atom stereocenters. The molecule has 5 heteroatoms. The number of hydrogen-bond acceptors (Lipinski definition) is 4. The lowest BCUT2D eigenvalue weighted by Crippen LogP contribution is -2.26. The minimum Gasteiger partial charge on any atom is -0.322 e. The van der Waals surface area contributed by atoms with Crippen molar-refractivity contribution in [3.63, 3.8) is 0 Å². The molecule has 1 heterocycles. The molecule has 1 aliphatic rings. The molecule has 0 aromatic rings. The molecule has 0 saturated carbocycles. The molecule has 0 spiro atoms. The van der Waals surface area contributed by atoms with E-state index in [0.29, 0.717) is 6.42 Å². The van der Waals surface area contributed by atoms with E-state index in [1.165, 1.54) is 0 Å². The van der Waals surface area contributed by atoms with Crippen molar-refractivity contribution >= 4 is 5.97 Å². The predicted octanol–water partition coefficient (Wildman–Crippen LogP) is 1.08. The van der Waals surface area contributed by atoms with Crippen LogP contribution in [0.5, 0.6) is 0 Å². The Labute approximate surface area is 68.8 Å². The van der Waals surface area contributed by atoms with Gasteiger partial charge in [-0.1, -0.05) is 6.58 Å². The minimum absolute atomic E-state index is 0.0669. The highest BCUT2D eigenvalue weighted by Crippen LogP contribution is 2.28. The fraction of sp³-hybridized carbons (Fsp3) is 0.571. The molecule has 0 radical (unpaired) electrons. The third-order valence-corrected chi connectivity index (χ3v) is 1.35. The first-order chi connectivity index (χ1) is 5.66. The van der Waals surface area contributed by atoms with Gasteiger partial charge in [-0.25, -0.2) is 4.79 Å². The van der Waals surface area contributed by atoms with E-state index in [-0.39, 0.29) is 13.0 Å². The highest BCUT2D eigenvalue weighted by atomic mass is 19.2. The number of rotatable bonds is 3. The van der Waals surface area contributed by atoms with Crippen LogP contribution < -0.4 is 0 Å². The molecule has 0 aromatic carbocycles. The summed E-state index contributed by atoms with van der Waals surface area (Å²) in [6.07, 6.45) is 1.48. The lowest BCUT2D eigenvalue weighted by Gasteiger charge is -2.15. The Kier molecular flexibility index (Phi) is 2.78. The number of alkyl halides is 1. The predicted molar refractivity (Wildman–Crippen MR) is 36.4 cm³/mol. The fourth-order valence-electron chi connectivity index (χ4n) is 0.783. The van der Waals surface area contributed by atoms with Crippen molar-refractivity contribution in [1.82, 2.24) is 0 Å². The summed E-state index contributed by atoms with van der Waals surface area (Å²) >= 11 is 0. The van der Waals surface area contributed by atoms with Gasteiger partial charge in [-0.2, -0.15) is 4.39 Å². The molecular weight excluding hydrogens is 167 g/mol. The molecule has 0 amide bonds. The van der Waals surface area contributed by atoms with Crippen molar-refractivity contribution in [3.8, 4) is 0 Å². The Morgan fingerprint density at radius 2 is 2.50 bits per heavy atom. The van der Waals surface area contributed by atoms with Crippen molar-refractivity contribution < 1.29 is 23.7 Å². The van der Waals surface area contributed by atoms with E-state index in [9.17, 15) is 9.18 Å². The van der Waals surface area contributed by atoms with Crippen LogP contribution in [0.2, 0.25) is 0 Å². The average Bonchev–Trinajstić information content (AvgIpc) is 2.49. The first-order valence-corrected chi connectivity index (χ1v) is 3.51. The van der Waals surface area contributed by atoms with Crippen molar-refractivity contribution in [2.75, 3.05) is 6.61 Å². The van der Waals surface area contributed by atoms with Crippen LogP contribution in [-0.2, 0) is 19.3 Å². The Bertz CT molecular complexity index is 186. The molecule has 0 N–H and O–H groups in total. The maximum atomic E-state index is 13.1. The summed E-state index contributed by atoms with van der Waals surface area (Å²) in [4.78, 5) is 18.6. The smallest absolute Gasteiger partial charge is 0.322 e. The van der Waals surface area contributed by atoms with E-state index in [1.807, 2.05) is 0 Å². The highest BCUT2D eigenvalue weighted by molar-refractivity contribution is 5.80. The van der Waals surface area contributed by atoms with Gasteiger partial charge in [0.25, 0.3) is 0 Å². The van der Waals surface area contributed by atoms with Crippen LogP contribution in [0, 0.1) is 0 Å². The van der Waals surface area contributed by atoms with Crippen LogP contribution in [0.15, 0.2) is 12.7 Å². The molecule has 1 fully saturated rings. The van der Waals surface area contributed by atoms with Gasteiger partial charge in [0.05, 0.1) is 6.61 Å². The second-order valence-electron chi connectivity index (χ2n) is 2.30. The average molecular weight is 176 g/mol. The Balaban J connectivity index is 2.30. The zero-order chi connectivity index (χ0) is 9.03. The lowest BCUT2D eigenvalue weighted by atomic mass is 10.3. The number of ether oxygens (including phenoxy) is 1. The maximum Gasteiger partial charge on any atom is 0.365 e. The van der Waals surface area contributed by atoms with E-state index in [1.54, 1.807) is 0 Å². The second-order valence-corrected chi connectivity index (χ2v) is 2.30. The largest absolute Gasteiger partial charge is 0.365 e. The Hall–Kier alpha value is -0.940. The first kappa shape index (κ1) is 9.15. The van der Waals surface area contributed by atoms with E-state index in [0.717, 1.165) is 6.08 Å².